The molecular formula is C18H13N3O3S2. The Morgan fingerprint density at radius 2 is 2.04 bits per heavy atom. The molecule has 0 fully saturated rings. The highest BCUT2D eigenvalue weighted by atomic mass is 32.1. The number of esters is 1. The Kier molecular flexibility index (Phi) is 4.36. The standard InChI is InChI=1S/C18H13N3O3S2/c1-24-16(22)9-21-13-4-2-3-5-14(13)26-18(21)20-17(23)11-6-7-12-15(8-11)25-10-19-12/h2-8,10H,9H2,1H3. The zero-order valence-electron chi connectivity index (χ0n) is 13.7. The molecule has 4 rings (SSSR count). The minimum absolute atomic E-state index is 0.000502. The van der Waals surface area contributed by atoms with E-state index in [0.717, 1.165) is 20.4 Å². The molecule has 4 aromatic rings. The largest absolute Gasteiger partial charge is 0.468 e. The summed E-state index contributed by atoms with van der Waals surface area (Å²) < 4.78 is 8.35. The summed E-state index contributed by atoms with van der Waals surface area (Å²) in [5.74, 6) is -0.751. The van der Waals surface area contributed by atoms with Gasteiger partial charge in [0.1, 0.15) is 6.54 Å². The fraction of sp³-hybridized carbons (Fsp3) is 0.111. The van der Waals surface area contributed by atoms with Gasteiger partial charge in [0, 0.05) is 5.56 Å². The molecule has 0 radical (unpaired) electrons. The first-order valence-electron chi connectivity index (χ1n) is 7.73. The molecular weight excluding hydrogens is 370 g/mol. The maximum absolute atomic E-state index is 12.7. The molecule has 0 N–H and O–H groups in total. The molecule has 0 atom stereocenters. The predicted octanol–water partition coefficient (Wildman–Crippen LogP) is 3.23. The van der Waals surface area contributed by atoms with Gasteiger partial charge in [0.15, 0.2) is 4.80 Å². The number of methoxy groups -OCH3 is 1. The minimum atomic E-state index is -0.395. The van der Waals surface area contributed by atoms with E-state index in [9.17, 15) is 9.59 Å². The fourth-order valence-electron chi connectivity index (χ4n) is 2.59. The van der Waals surface area contributed by atoms with Crippen LogP contribution in [0.4, 0.5) is 0 Å². The van der Waals surface area contributed by atoms with E-state index in [1.54, 1.807) is 22.2 Å². The number of para-hydroxylation sites is 1. The summed E-state index contributed by atoms with van der Waals surface area (Å²) >= 11 is 2.84. The average molecular weight is 383 g/mol. The van der Waals surface area contributed by atoms with Gasteiger partial charge in [-0.3, -0.25) is 9.59 Å². The maximum atomic E-state index is 12.7. The number of amides is 1. The van der Waals surface area contributed by atoms with E-state index in [1.807, 2.05) is 30.3 Å². The van der Waals surface area contributed by atoms with Gasteiger partial charge in [-0.2, -0.15) is 4.99 Å². The Morgan fingerprint density at radius 3 is 2.88 bits per heavy atom. The van der Waals surface area contributed by atoms with Crippen molar-refractivity contribution in [2.45, 2.75) is 6.54 Å². The number of carbonyl (C=O) groups is 2. The van der Waals surface area contributed by atoms with Crippen molar-refractivity contribution in [1.82, 2.24) is 9.55 Å². The lowest BCUT2D eigenvalue weighted by atomic mass is 10.2. The Hall–Kier alpha value is -2.84. The number of ether oxygens (including phenoxy) is 1. The summed E-state index contributed by atoms with van der Waals surface area (Å²) in [5.41, 5.74) is 3.93. The first kappa shape index (κ1) is 16.6. The lowest BCUT2D eigenvalue weighted by Gasteiger charge is -2.03. The maximum Gasteiger partial charge on any atom is 0.325 e. The van der Waals surface area contributed by atoms with E-state index >= 15 is 0 Å². The van der Waals surface area contributed by atoms with Crippen LogP contribution in [0.3, 0.4) is 0 Å². The van der Waals surface area contributed by atoms with E-state index in [2.05, 4.69) is 9.98 Å². The predicted molar refractivity (Wildman–Crippen MR) is 101 cm³/mol. The summed E-state index contributed by atoms with van der Waals surface area (Å²) in [4.78, 5) is 33.4. The van der Waals surface area contributed by atoms with E-state index in [0.29, 0.717) is 10.4 Å². The number of rotatable bonds is 3. The monoisotopic (exact) mass is 383 g/mol. The number of benzene rings is 2. The van der Waals surface area contributed by atoms with E-state index < -0.39 is 5.97 Å². The molecule has 8 heteroatoms. The molecule has 130 valence electrons. The molecule has 0 aliphatic rings. The molecule has 0 saturated carbocycles. The lowest BCUT2D eigenvalue weighted by molar-refractivity contribution is -0.141. The summed E-state index contributed by atoms with van der Waals surface area (Å²) in [6.07, 6.45) is 0. The summed E-state index contributed by atoms with van der Waals surface area (Å²) in [6, 6.07) is 12.9. The highest BCUT2D eigenvalue weighted by molar-refractivity contribution is 7.17. The molecule has 0 saturated heterocycles. The minimum Gasteiger partial charge on any atom is -0.468 e. The van der Waals surface area contributed by atoms with Gasteiger partial charge in [0.2, 0.25) is 0 Å². The Morgan fingerprint density at radius 1 is 1.19 bits per heavy atom. The molecule has 6 nitrogen and oxygen atoms in total. The van der Waals surface area contributed by atoms with Gasteiger partial charge in [0.25, 0.3) is 5.91 Å². The molecule has 2 aromatic carbocycles. The third-order valence-electron chi connectivity index (χ3n) is 3.88. The summed E-state index contributed by atoms with van der Waals surface area (Å²) in [7, 11) is 1.34. The Balaban J connectivity index is 1.82. The van der Waals surface area contributed by atoms with Crippen LogP contribution in [-0.4, -0.2) is 28.5 Å². The van der Waals surface area contributed by atoms with Crippen molar-refractivity contribution in [3.05, 3.63) is 58.3 Å². The highest BCUT2D eigenvalue weighted by Gasteiger charge is 2.12. The normalized spacial score (nSPS) is 12.0. The highest BCUT2D eigenvalue weighted by Crippen LogP contribution is 2.20. The van der Waals surface area contributed by atoms with Crippen LogP contribution in [0.1, 0.15) is 10.4 Å². The molecule has 0 bridgehead atoms. The van der Waals surface area contributed by atoms with Crippen LogP contribution in [0.25, 0.3) is 20.4 Å². The third-order valence-corrected chi connectivity index (χ3v) is 5.73. The van der Waals surface area contributed by atoms with Gasteiger partial charge in [-0.15, -0.1) is 11.3 Å². The fourth-order valence-corrected chi connectivity index (χ4v) is 4.34. The Labute approximate surface area is 156 Å². The van der Waals surface area contributed by atoms with Crippen LogP contribution in [0.5, 0.6) is 0 Å². The number of aromatic nitrogens is 2. The number of hydrogen-bond donors (Lipinski definition) is 0. The second kappa shape index (κ2) is 6.81. The van der Waals surface area contributed by atoms with Crippen molar-refractivity contribution in [3.8, 4) is 0 Å². The van der Waals surface area contributed by atoms with E-state index in [1.165, 1.54) is 29.8 Å². The van der Waals surface area contributed by atoms with Gasteiger partial charge < -0.3 is 9.30 Å². The van der Waals surface area contributed by atoms with Crippen molar-refractivity contribution < 1.29 is 14.3 Å². The van der Waals surface area contributed by atoms with Crippen molar-refractivity contribution in [2.24, 2.45) is 4.99 Å². The van der Waals surface area contributed by atoms with Crippen molar-refractivity contribution in [1.29, 1.82) is 0 Å². The van der Waals surface area contributed by atoms with Crippen molar-refractivity contribution in [3.63, 3.8) is 0 Å². The number of fused-ring (bicyclic) bond motifs is 2. The average Bonchev–Trinajstić information content (AvgIpc) is 3.26. The van der Waals surface area contributed by atoms with Gasteiger partial charge in [0.05, 0.1) is 33.1 Å². The molecule has 0 aliphatic heterocycles. The summed E-state index contributed by atoms with van der Waals surface area (Å²) in [5, 5.41) is 0. The first-order chi connectivity index (χ1) is 12.7. The van der Waals surface area contributed by atoms with Crippen LogP contribution >= 0.6 is 22.7 Å². The van der Waals surface area contributed by atoms with Crippen LogP contribution in [0, 0.1) is 0 Å². The van der Waals surface area contributed by atoms with Crippen molar-refractivity contribution in [2.75, 3.05) is 7.11 Å². The second-order valence-corrected chi connectivity index (χ2v) is 7.36. The third kappa shape index (κ3) is 3.04. The van der Waals surface area contributed by atoms with Gasteiger partial charge in [-0.05, 0) is 30.3 Å². The SMILES string of the molecule is COC(=O)Cn1c(=NC(=O)c2ccc3ncsc3c2)sc2ccccc21. The molecule has 0 aliphatic carbocycles. The second-order valence-electron chi connectivity index (χ2n) is 5.47. The van der Waals surface area contributed by atoms with Crippen LogP contribution in [-0.2, 0) is 16.1 Å². The Bertz CT molecular complexity index is 1200. The number of nitrogens with zero attached hydrogens (tertiary/aromatic N) is 3. The van der Waals surface area contributed by atoms with Gasteiger partial charge in [-0.1, -0.05) is 23.5 Å². The zero-order chi connectivity index (χ0) is 18.1. The first-order valence-corrected chi connectivity index (χ1v) is 9.43. The number of carbonyl (C=O) groups excluding carboxylic acids is 2. The molecule has 26 heavy (non-hydrogen) atoms. The lowest BCUT2D eigenvalue weighted by Crippen LogP contribution is -2.22. The van der Waals surface area contributed by atoms with Crippen molar-refractivity contribution >= 4 is 55.0 Å². The van der Waals surface area contributed by atoms with Gasteiger partial charge >= 0.3 is 5.97 Å². The molecule has 0 unspecified atom stereocenters. The summed E-state index contributed by atoms with van der Waals surface area (Å²) in [6.45, 7) is 0.000502. The van der Waals surface area contributed by atoms with Crippen LogP contribution in [0.15, 0.2) is 53.0 Å². The molecule has 1 amide bonds. The quantitative estimate of drug-likeness (QED) is 0.509. The topological polar surface area (TPSA) is 73.6 Å². The zero-order valence-corrected chi connectivity index (χ0v) is 15.3. The van der Waals surface area contributed by atoms with E-state index in [4.69, 9.17) is 4.74 Å². The number of thiazole rings is 2. The van der Waals surface area contributed by atoms with Crippen LogP contribution < -0.4 is 4.80 Å². The van der Waals surface area contributed by atoms with Crippen LogP contribution in [0.2, 0.25) is 0 Å². The smallest absolute Gasteiger partial charge is 0.325 e. The molecule has 0 spiro atoms. The molecule has 2 heterocycles. The molecule has 2 aromatic heterocycles. The number of hydrogen-bond acceptors (Lipinski definition) is 6. The van der Waals surface area contributed by atoms with E-state index in [-0.39, 0.29) is 12.5 Å². The van der Waals surface area contributed by atoms with Gasteiger partial charge in [-0.25, -0.2) is 4.98 Å².